The topological polar surface area (TPSA) is 60.9 Å². The Hall–Kier alpha value is -1.26. The summed E-state index contributed by atoms with van der Waals surface area (Å²) >= 11 is 0. The molecule has 1 saturated heterocycles. The van der Waals surface area contributed by atoms with Gasteiger partial charge in [-0.15, -0.1) is 0 Å². The van der Waals surface area contributed by atoms with Crippen LogP contribution < -0.4 is 0 Å². The number of carbonyl (C=O) groups excluding carboxylic acids is 1. The molecular formula is C16H28N2O3. The molecule has 0 aromatic heterocycles. The van der Waals surface area contributed by atoms with Gasteiger partial charge in [0, 0.05) is 25.7 Å². The van der Waals surface area contributed by atoms with Crippen LogP contribution in [-0.2, 0) is 4.79 Å². The zero-order valence-electron chi connectivity index (χ0n) is 13.5. The van der Waals surface area contributed by atoms with E-state index in [1.54, 1.807) is 4.90 Å². The number of nitrogens with zero attached hydrogens (tertiary/aromatic N) is 2. The Morgan fingerprint density at radius 2 is 2.05 bits per heavy atom. The Bertz CT molecular complexity index is 406. The summed E-state index contributed by atoms with van der Waals surface area (Å²) in [6.45, 7) is 7.97. The Morgan fingerprint density at radius 3 is 2.52 bits per heavy atom. The molecule has 1 aliphatic heterocycles. The van der Waals surface area contributed by atoms with Crippen molar-refractivity contribution in [2.24, 2.45) is 11.3 Å². The molecular weight excluding hydrogens is 268 g/mol. The first-order valence-electron chi connectivity index (χ1n) is 8.18. The zero-order valence-corrected chi connectivity index (χ0v) is 13.5. The van der Waals surface area contributed by atoms with E-state index in [1.165, 1.54) is 0 Å². The summed E-state index contributed by atoms with van der Waals surface area (Å²) in [4.78, 5) is 28.2. The number of rotatable bonds is 5. The smallest absolute Gasteiger partial charge is 0.320 e. The highest BCUT2D eigenvalue weighted by Crippen LogP contribution is 2.35. The fourth-order valence-corrected chi connectivity index (χ4v) is 3.25. The fourth-order valence-electron chi connectivity index (χ4n) is 3.25. The highest BCUT2D eigenvalue weighted by molar-refractivity contribution is 5.79. The third-order valence-corrected chi connectivity index (χ3v) is 4.77. The van der Waals surface area contributed by atoms with E-state index in [1.807, 2.05) is 11.8 Å². The summed E-state index contributed by atoms with van der Waals surface area (Å²) in [7, 11) is 0. The number of amides is 2. The van der Waals surface area contributed by atoms with Crippen LogP contribution >= 0.6 is 0 Å². The Balaban J connectivity index is 2.08. The highest BCUT2D eigenvalue weighted by atomic mass is 16.4. The van der Waals surface area contributed by atoms with E-state index >= 15 is 0 Å². The number of piperidine rings is 1. The lowest BCUT2D eigenvalue weighted by Gasteiger charge is -2.41. The van der Waals surface area contributed by atoms with E-state index in [0.717, 1.165) is 25.8 Å². The number of aliphatic carboxylic acids is 1. The maximum atomic E-state index is 12.8. The van der Waals surface area contributed by atoms with Crippen LogP contribution in [0.15, 0.2) is 0 Å². The first-order chi connectivity index (χ1) is 9.89. The van der Waals surface area contributed by atoms with Gasteiger partial charge in [0.15, 0.2) is 0 Å². The van der Waals surface area contributed by atoms with E-state index in [4.69, 9.17) is 0 Å². The lowest BCUT2D eigenvalue weighted by Crippen LogP contribution is -2.54. The third-order valence-electron chi connectivity index (χ3n) is 4.77. The van der Waals surface area contributed by atoms with Crippen LogP contribution in [0.3, 0.4) is 0 Å². The number of carboxylic acid groups (broad SMARTS) is 1. The van der Waals surface area contributed by atoms with Crippen molar-refractivity contribution in [3.05, 3.63) is 0 Å². The molecule has 5 heteroatoms. The maximum absolute atomic E-state index is 12.8. The largest absolute Gasteiger partial charge is 0.481 e. The Morgan fingerprint density at radius 1 is 1.38 bits per heavy atom. The molecule has 1 atom stereocenters. The van der Waals surface area contributed by atoms with Crippen LogP contribution in [0, 0.1) is 11.3 Å². The van der Waals surface area contributed by atoms with Gasteiger partial charge in [-0.2, -0.15) is 0 Å². The standard InChI is InChI=1S/C16H28N2O3/c1-4-16(14(19)20)8-5-9-17(11-16)15(21)18(10-12(2)3)13-6-7-13/h12-13H,4-11H2,1-3H3,(H,19,20). The fraction of sp³-hybridized carbons (Fsp3) is 0.875. The third kappa shape index (κ3) is 3.50. The lowest BCUT2D eigenvalue weighted by molar-refractivity contribution is -0.152. The summed E-state index contributed by atoms with van der Waals surface area (Å²) in [6.07, 6.45) is 4.22. The molecule has 1 unspecified atom stereocenters. The molecule has 1 saturated carbocycles. The summed E-state index contributed by atoms with van der Waals surface area (Å²) in [5.41, 5.74) is -0.749. The molecule has 120 valence electrons. The number of hydrogen-bond acceptors (Lipinski definition) is 2. The van der Waals surface area contributed by atoms with Gasteiger partial charge in [0.05, 0.1) is 5.41 Å². The minimum atomic E-state index is -0.760. The summed E-state index contributed by atoms with van der Waals surface area (Å²) in [5.74, 6) is -0.320. The van der Waals surface area contributed by atoms with Crippen LogP contribution in [0.1, 0.15) is 52.9 Å². The number of carboxylic acids is 1. The second kappa shape index (κ2) is 6.24. The Labute approximate surface area is 127 Å². The van der Waals surface area contributed by atoms with Crippen molar-refractivity contribution >= 4 is 12.0 Å². The molecule has 2 rings (SSSR count). The number of likely N-dealkylation sites (tertiary alicyclic amines) is 1. The molecule has 1 aliphatic carbocycles. The molecule has 0 spiro atoms. The second-order valence-electron chi connectivity index (χ2n) is 7.02. The van der Waals surface area contributed by atoms with E-state index in [-0.39, 0.29) is 6.03 Å². The van der Waals surface area contributed by atoms with Gasteiger partial charge in [0.25, 0.3) is 0 Å². The van der Waals surface area contributed by atoms with Gasteiger partial charge in [-0.25, -0.2) is 4.79 Å². The summed E-state index contributed by atoms with van der Waals surface area (Å²) in [5, 5.41) is 9.54. The van der Waals surface area contributed by atoms with Crippen molar-refractivity contribution in [1.29, 1.82) is 0 Å². The van der Waals surface area contributed by atoms with Crippen LogP contribution in [0.2, 0.25) is 0 Å². The first kappa shape index (κ1) is 16.1. The molecule has 5 nitrogen and oxygen atoms in total. The molecule has 1 heterocycles. The molecule has 0 aromatic carbocycles. The predicted octanol–water partition coefficient (Wildman–Crippen LogP) is 2.80. The van der Waals surface area contributed by atoms with Crippen molar-refractivity contribution in [2.45, 2.75) is 58.9 Å². The average Bonchev–Trinajstić information content (AvgIpc) is 3.28. The number of carbonyl (C=O) groups is 2. The van der Waals surface area contributed by atoms with Gasteiger partial charge in [0.2, 0.25) is 0 Å². The highest BCUT2D eigenvalue weighted by Gasteiger charge is 2.44. The molecule has 0 aromatic rings. The SMILES string of the molecule is CCC1(C(=O)O)CCCN(C(=O)N(CC(C)C)C2CC2)C1. The molecule has 0 radical (unpaired) electrons. The van der Waals surface area contributed by atoms with E-state index < -0.39 is 11.4 Å². The Kier molecular flexibility index (Phi) is 4.79. The molecule has 1 N–H and O–H groups in total. The van der Waals surface area contributed by atoms with Crippen molar-refractivity contribution in [3.63, 3.8) is 0 Å². The van der Waals surface area contributed by atoms with Gasteiger partial charge < -0.3 is 14.9 Å². The maximum Gasteiger partial charge on any atom is 0.320 e. The molecule has 21 heavy (non-hydrogen) atoms. The monoisotopic (exact) mass is 296 g/mol. The minimum absolute atomic E-state index is 0.0463. The normalized spacial score (nSPS) is 26.0. The van der Waals surface area contributed by atoms with Crippen LogP contribution in [-0.4, -0.2) is 52.6 Å². The zero-order chi connectivity index (χ0) is 15.6. The molecule has 2 fully saturated rings. The number of urea groups is 1. The summed E-state index contributed by atoms with van der Waals surface area (Å²) in [6, 6.07) is 0.424. The first-order valence-corrected chi connectivity index (χ1v) is 8.18. The van der Waals surface area contributed by atoms with Crippen molar-refractivity contribution < 1.29 is 14.7 Å². The van der Waals surface area contributed by atoms with Crippen molar-refractivity contribution in [2.75, 3.05) is 19.6 Å². The lowest BCUT2D eigenvalue weighted by atomic mass is 9.78. The van der Waals surface area contributed by atoms with Gasteiger partial charge in [-0.1, -0.05) is 20.8 Å². The second-order valence-corrected chi connectivity index (χ2v) is 7.02. The molecule has 2 aliphatic rings. The van der Waals surface area contributed by atoms with Crippen molar-refractivity contribution in [3.8, 4) is 0 Å². The van der Waals surface area contributed by atoms with Crippen LogP contribution in [0.4, 0.5) is 4.79 Å². The van der Waals surface area contributed by atoms with Gasteiger partial charge in [0.1, 0.15) is 0 Å². The average molecular weight is 296 g/mol. The van der Waals surface area contributed by atoms with E-state index in [0.29, 0.717) is 37.9 Å². The predicted molar refractivity (Wildman–Crippen MR) is 81.1 cm³/mol. The molecule has 0 bridgehead atoms. The van der Waals surface area contributed by atoms with E-state index in [9.17, 15) is 14.7 Å². The number of hydrogen-bond donors (Lipinski definition) is 1. The van der Waals surface area contributed by atoms with Gasteiger partial charge >= 0.3 is 12.0 Å². The van der Waals surface area contributed by atoms with Crippen LogP contribution in [0.5, 0.6) is 0 Å². The van der Waals surface area contributed by atoms with E-state index in [2.05, 4.69) is 13.8 Å². The van der Waals surface area contributed by atoms with Gasteiger partial charge in [-0.3, -0.25) is 4.79 Å². The van der Waals surface area contributed by atoms with Crippen molar-refractivity contribution in [1.82, 2.24) is 9.80 Å². The summed E-state index contributed by atoms with van der Waals surface area (Å²) < 4.78 is 0. The molecule has 2 amide bonds. The van der Waals surface area contributed by atoms with Crippen LogP contribution in [0.25, 0.3) is 0 Å². The quantitative estimate of drug-likeness (QED) is 0.848. The minimum Gasteiger partial charge on any atom is -0.481 e. The van der Waals surface area contributed by atoms with Gasteiger partial charge in [-0.05, 0) is 38.0 Å².